The topological polar surface area (TPSA) is 61.9 Å². The lowest BCUT2D eigenvalue weighted by atomic mass is 9.85. The highest BCUT2D eigenvalue weighted by atomic mass is 32.1. The van der Waals surface area contributed by atoms with E-state index < -0.39 is 0 Å². The number of amides is 1. The van der Waals surface area contributed by atoms with E-state index in [1.54, 1.807) is 22.4 Å². The van der Waals surface area contributed by atoms with Crippen molar-refractivity contribution in [3.8, 4) is 0 Å². The highest BCUT2D eigenvalue weighted by Crippen LogP contribution is 2.33. The molecule has 6 heteroatoms. The molecule has 1 amide bonds. The van der Waals surface area contributed by atoms with E-state index in [2.05, 4.69) is 15.2 Å². The number of hydrogen-bond donors (Lipinski definition) is 1. The highest BCUT2D eigenvalue weighted by Gasteiger charge is 2.25. The van der Waals surface area contributed by atoms with E-state index in [1.807, 2.05) is 19.5 Å². The van der Waals surface area contributed by atoms with E-state index in [0.29, 0.717) is 12.5 Å². The predicted octanol–water partition coefficient (Wildman–Crippen LogP) is 3.54. The Bertz CT molecular complexity index is 657. The molecule has 0 atom stereocenters. The van der Waals surface area contributed by atoms with Crippen LogP contribution < -0.4 is 0 Å². The van der Waals surface area contributed by atoms with Crippen LogP contribution in [0.2, 0.25) is 0 Å². The summed E-state index contributed by atoms with van der Waals surface area (Å²) in [5.74, 6) is 0.531. The lowest BCUT2D eigenvalue weighted by Gasteiger charge is -2.23. The third-order valence-electron chi connectivity index (χ3n) is 4.78. The number of aromatic nitrogens is 3. The lowest BCUT2D eigenvalue weighted by molar-refractivity contribution is 0.0795. The minimum absolute atomic E-state index is 0.0708. The van der Waals surface area contributed by atoms with E-state index in [9.17, 15) is 4.79 Å². The smallest absolute Gasteiger partial charge is 0.257 e. The van der Waals surface area contributed by atoms with Crippen molar-refractivity contribution in [2.45, 2.75) is 51.4 Å². The van der Waals surface area contributed by atoms with E-state index in [-0.39, 0.29) is 5.91 Å². The zero-order valence-electron chi connectivity index (χ0n) is 13.8. The summed E-state index contributed by atoms with van der Waals surface area (Å²) in [6, 6.07) is 0. The molecule has 2 heterocycles. The number of aryl methyl sites for hydroxylation is 1. The maximum atomic E-state index is 12.8. The van der Waals surface area contributed by atoms with Gasteiger partial charge in [0.15, 0.2) is 0 Å². The number of nitrogens with one attached hydrogen (secondary N) is 1. The second kappa shape index (κ2) is 7.25. The third-order valence-corrected chi connectivity index (χ3v) is 5.77. The van der Waals surface area contributed by atoms with Crippen molar-refractivity contribution < 1.29 is 4.79 Å². The summed E-state index contributed by atoms with van der Waals surface area (Å²) in [6.45, 7) is 2.72. The average molecular weight is 332 g/mol. The molecule has 1 fully saturated rings. The van der Waals surface area contributed by atoms with Gasteiger partial charge in [-0.15, -0.1) is 11.3 Å². The van der Waals surface area contributed by atoms with Gasteiger partial charge in [-0.2, -0.15) is 5.10 Å². The van der Waals surface area contributed by atoms with Gasteiger partial charge in [-0.3, -0.25) is 9.89 Å². The third kappa shape index (κ3) is 3.63. The van der Waals surface area contributed by atoms with Crippen molar-refractivity contribution in [1.29, 1.82) is 0 Å². The summed E-state index contributed by atoms with van der Waals surface area (Å²) in [5.41, 5.74) is 4.72. The minimum atomic E-state index is 0.0708. The Kier molecular flexibility index (Phi) is 5.10. The Hall–Kier alpha value is -1.69. The molecule has 3 rings (SSSR count). The standard InChI is InChI=1S/C17H24N4OS/c1-12-15(23-11-18-12)8-9-21(2)17(22)14-10-19-20-16(14)13-6-4-3-5-7-13/h10-11,13H,3-9H2,1-2H3,(H,19,20). The van der Waals surface area contributed by atoms with Gasteiger partial charge in [-0.05, 0) is 19.8 Å². The summed E-state index contributed by atoms with van der Waals surface area (Å²) in [4.78, 5) is 20.1. The first-order valence-electron chi connectivity index (χ1n) is 8.34. The van der Waals surface area contributed by atoms with Crippen molar-refractivity contribution in [3.63, 3.8) is 0 Å². The molecule has 0 unspecified atom stereocenters. The SMILES string of the molecule is Cc1ncsc1CCN(C)C(=O)c1cn[nH]c1C1CCCCC1. The molecule has 1 aliphatic carbocycles. The van der Waals surface area contributed by atoms with Crippen molar-refractivity contribution >= 4 is 17.2 Å². The van der Waals surface area contributed by atoms with Crippen LogP contribution >= 0.6 is 11.3 Å². The van der Waals surface area contributed by atoms with Gasteiger partial charge < -0.3 is 4.90 Å². The number of thiazole rings is 1. The molecular formula is C17H24N4OS. The summed E-state index contributed by atoms with van der Waals surface area (Å²) in [7, 11) is 1.87. The van der Waals surface area contributed by atoms with Gasteiger partial charge in [-0.1, -0.05) is 19.3 Å². The predicted molar refractivity (Wildman–Crippen MR) is 91.9 cm³/mol. The molecule has 124 valence electrons. The van der Waals surface area contributed by atoms with Gasteiger partial charge in [-0.25, -0.2) is 4.98 Å². The molecule has 2 aromatic heterocycles. The highest BCUT2D eigenvalue weighted by molar-refractivity contribution is 7.09. The van der Waals surface area contributed by atoms with Crippen LogP contribution in [0.4, 0.5) is 0 Å². The van der Waals surface area contributed by atoms with Gasteiger partial charge in [0, 0.05) is 30.8 Å². The van der Waals surface area contributed by atoms with E-state index in [4.69, 9.17) is 0 Å². The van der Waals surface area contributed by atoms with Crippen molar-refractivity contribution in [3.05, 3.63) is 33.5 Å². The van der Waals surface area contributed by atoms with E-state index >= 15 is 0 Å². The molecule has 2 aromatic rings. The Balaban J connectivity index is 1.65. The zero-order chi connectivity index (χ0) is 16.2. The lowest BCUT2D eigenvalue weighted by Crippen LogP contribution is -2.29. The molecule has 1 saturated carbocycles. The second-order valence-corrected chi connectivity index (χ2v) is 7.31. The number of nitrogens with zero attached hydrogens (tertiary/aromatic N) is 3. The Morgan fingerprint density at radius 1 is 1.39 bits per heavy atom. The number of likely N-dealkylation sites (N-methyl/N-ethyl adjacent to an activating group) is 1. The Labute approximate surface area is 141 Å². The molecule has 0 radical (unpaired) electrons. The summed E-state index contributed by atoms with van der Waals surface area (Å²) in [5, 5.41) is 7.23. The van der Waals surface area contributed by atoms with Crippen LogP contribution in [-0.2, 0) is 6.42 Å². The Morgan fingerprint density at radius 3 is 2.87 bits per heavy atom. The number of H-pyrrole nitrogens is 1. The quantitative estimate of drug-likeness (QED) is 0.911. The van der Waals surface area contributed by atoms with Crippen LogP contribution in [0.15, 0.2) is 11.7 Å². The van der Waals surface area contributed by atoms with E-state index in [0.717, 1.165) is 36.2 Å². The molecule has 5 nitrogen and oxygen atoms in total. The van der Waals surface area contributed by atoms with Gasteiger partial charge in [0.1, 0.15) is 0 Å². The number of hydrogen-bond acceptors (Lipinski definition) is 4. The number of carbonyl (C=O) groups is 1. The minimum Gasteiger partial charge on any atom is -0.341 e. The van der Waals surface area contributed by atoms with Crippen LogP contribution in [0.25, 0.3) is 0 Å². The monoisotopic (exact) mass is 332 g/mol. The first-order chi connectivity index (χ1) is 11.2. The normalized spacial score (nSPS) is 15.7. The fourth-order valence-corrected chi connectivity index (χ4v) is 4.08. The number of carbonyl (C=O) groups excluding carboxylic acids is 1. The number of rotatable bonds is 5. The molecule has 1 aliphatic rings. The fourth-order valence-electron chi connectivity index (χ4n) is 3.31. The second-order valence-electron chi connectivity index (χ2n) is 6.37. The zero-order valence-corrected chi connectivity index (χ0v) is 14.7. The van der Waals surface area contributed by atoms with Gasteiger partial charge in [0.2, 0.25) is 0 Å². The van der Waals surface area contributed by atoms with Gasteiger partial charge >= 0.3 is 0 Å². The van der Waals surface area contributed by atoms with Gasteiger partial charge in [0.05, 0.1) is 28.7 Å². The van der Waals surface area contributed by atoms with Crippen LogP contribution in [0.3, 0.4) is 0 Å². The van der Waals surface area contributed by atoms with E-state index in [1.165, 1.54) is 24.1 Å². The van der Waals surface area contributed by atoms with Crippen molar-refractivity contribution in [1.82, 2.24) is 20.1 Å². The summed E-state index contributed by atoms with van der Waals surface area (Å²) >= 11 is 1.66. The maximum absolute atomic E-state index is 12.8. The molecule has 0 bridgehead atoms. The molecule has 1 N–H and O–H groups in total. The molecule has 0 aromatic carbocycles. The molecule has 23 heavy (non-hydrogen) atoms. The Morgan fingerprint density at radius 2 is 2.17 bits per heavy atom. The van der Waals surface area contributed by atoms with Crippen LogP contribution in [0.5, 0.6) is 0 Å². The van der Waals surface area contributed by atoms with Crippen molar-refractivity contribution in [2.75, 3.05) is 13.6 Å². The molecule has 0 aliphatic heterocycles. The first kappa shape index (κ1) is 16.2. The average Bonchev–Trinajstić information content (AvgIpc) is 3.21. The van der Waals surface area contributed by atoms with Crippen LogP contribution in [-0.4, -0.2) is 39.6 Å². The molecule has 0 saturated heterocycles. The molecule has 0 spiro atoms. The summed E-state index contributed by atoms with van der Waals surface area (Å²) in [6.07, 6.45) is 8.67. The molecular weight excluding hydrogens is 308 g/mol. The fraction of sp³-hybridized carbons (Fsp3) is 0.588. The summed E-state index contributed by atoms with van der Waals surface area (Å²) < 4.78 is 0. The van der Waals surface area contributed by atoms with Gasteiger partial charge in [0.25, 0.3) is 5.91 Å². The van der Waals surface area contributed by atoms with Crippen molar-refractivity contribution in [2.24, 2.45) is 0 Å². The maximum Gasteiger partial charge on any atom is 0.257 e. The first-order valence-corrected chi connectivity index (χ1v) is 9.22. The van der Waals surface area contributed by atoms with Crippen LogP contribution in [0, 0.1) is 6.92 Å². The number of aromatic amines is 1. The van der Waals surface area contributed by atoms with Crippen LogP contribution in [0.1, 0.15) is 64.6 Å². The largest absolute Gasteiger partial charge is 0.341 e.